The van der Waals surface area contributed by atoms with Gasteiger partial charge in [-0.25, -0.2) is 4.39 Å². The largest absolute Gasteiger partial charge is 0.478 e. The van der Waals surface area contributed by atoms with Crippen molar-refractivity contribution in [2.75, 3.05) is 27.2 Å². The highest BCUT2D eigenvalue weighted by Crippen LogP contribution is 2.16. The predicted molar refractivity (Wildman–Crippen MR) is 90.7 cm³/mol. The van der Waals surface area contributed by atoms with E-state index >= 15 is 0 Å². The van der Waals surface area contributed by atoms with Crippen molar-refractivity contribution in [3.63, 3.8) is 0 Å². The highest BCUT2D eigenvalue weighted by atomic mass is 32.1. The summed E-state index contributed by atoms with van der Waals surface area (Å²) in [7, 11) is 4.15. The van der Waals surface area contributed by atoms with E-state index in [0.29, 0.717) is 11.7 Å². The summed E-state index contributed by atoms with van der Waals surface area (Å²) in [5.74, 6) is -0.933. The average Bonchev–Trinajstić information content (AvgIpc) is 2.51. The molecule has 0 aromatic heterocycles. The van der Waals surface area contributed by atoms with Crippen LogP contribution in [-0.2, 0) is 4.79 Å². The number of hydrazine groups is 1. The lowest BCUT2D eigenvalue weighted by atomic mass is 10.3. The monoisotopic (exact) mass is 343 g/mol. The fraction of sp³-hybridized carbons (Fsp3) is 0.467. The van der Waals surface area contributed by atoms with Crippen LogP contribution in [0.5, 0.6) is 5.75 Å². The summed E-state index contributed by atoms with van der Waals surface area (Å²) in [5, 5.41) is 3.31. The Morgan fingerprint density at radius 2 is 2.04 bits per heavy atom. The van der Waals surface area contributed by atoms with Crippen LogP contribution in [0.3, 0.4) is 0 Å². The molecule has 4 N–H and O–H groups in total. The number of para-hydroxylation sites is 1. The molecule has 1 aromatic rings. The fourth-order valence-electron chi connectivity index (χ4n) is 1.69. The first kappa shape index (κ1) is 19.1. The molecule has 1 amide bonds. The number of hydrogen-bond acceptors (Lipinski definition) is 3. The van der Waals surface area contributed by atoms with Gasteiger partial charge in [-0.3, -0.25) is 15.6 Å². The summed E-state index contributed by atoms with van der Waals surface area (Å²) < 4.78 is 18.7. The lowest BCUT2D eigenvalue weighted by Gasteiger charge is -2.17. The molecule has 23 heavy (non-hydrogen) atoms. The number of halogens is 1. The van der Waals surface area contributed by atoms with Gasteiger partial charge in [0.2, 0.25) is 0 Å². The van der Waals surface area contributed by atoms with Crippen LogP contribution in [0.2, 0.25) is 0 Å². The van der Waals surface area contributed by atoms with Gasteiger partial charge in [-0.15, -0.1) is 0 Å². The van der Waals surface area contributed by atoms with Crippen molar-refractivity contribution in [3.8, 4) is 5.75 Å². The topological polar surface area (TPSA) is 66.8 Å². The second-order valence-corrected chi connectivity index (χ2v) is 5.78. The first-order valence-corrected chi connectivity index (χ1v) is 7.85. The Hall–Kier alpha value is -1.93. The van der Waals surface area contributed by atoms with Crippen molar-refractivity contribution in [3.05, 3.63) is 30.1 Å². The van der Waals surface area contributed by atoms with Crippen LogP contribution in [0.1, 0.15) is 13.3 Å². The quantitative estimate of drug-likeness (QED) is 0.309. The smallest absolute Gasteiger partial charge is 0.279 e. The zero-order valence-corrected chi connectivity index (χ0v) is 14.4. The van der Waals surface area contributed by atoms with Crippen molar-refractivity contribution < 1.29 is 18.8 Å². The maximum absolute atomic E-state index is 13.5. The molecule has 0 bridgehead atoms. The van der Waals surface area contributed by atoms with E-state index in [9.17, 15) is 9.18 Å². The molecule has 0 aliphatic carbocycles. The van der Waals surface area contributed by atoms with Gasteiger partial charge in [0.15, 0.2) is 22.8 Å². The fourth-order valence-corrected chi connectivity index (χ4v) is 1.85. The Balaban J connectivity index is 2.27. The van der Waals surface area contributed by atoms with Gasteiger partial charge in [0.1, 0.15) is 0 Å². The highest BCUT2D eigenvalue weighted by Gasteiger charge is 2.16. The number of carbonyl (C=O) groups excluding carboxylic acids is 1. The number of carbonyl (C=O) groups is 1. The maximum Gasteiger partial charge on any atom is 0.279 e. The molecular weight excluding hydrogens is 319 g/mol. The molecule has 1 atom stereocenters. The molecule has 8 heteroatoms. The predicted octanol–water partition coefficient (Wildman–Crippen LogP) is -0.377. The molecule has 0 fully saturated rings. The van der Waals surface area contributed by atoms with E-state index in [-0.39, 0.29) is 5.75 Å². The minimum Gasteiger partial charge on any atom is -0.478 e. The van der Waals surface area contributed by atoms with E-state index < -0.39 is 17.8 Å². The molecule has 0 heterocycles. The summed E-state index contributed by atoms with van der Waals surface area (Å²) in [5.41, 5.74) is 5.02. The SMILES string of the molecule is C[C@@H](Oc1ccccc1F)C(=O)NNC(=S)NCCC[NH+](C)C. The van der Waals surface area contributed by atoms with E-state index in [0.717, 1.165) is 13.0 Å². The second kappa shape index (κ2) is 9.96. The van der Waals surface area contributed by atoms with Crippen LogP contribution >= 0.6 is 12.2 Å². The molecule has 1 aromatic carbocycles. The number of thiocarbonyl (C=S) groups is 1. The van der Waals surface area contributed by atoms with Crippen LogP contribution in [0.15, 0.2) is 24.3 Å². The van der Waals surface area contributed by atoms with Gasteiger partial charge in [0.25, 0.3) is 5.91 Å². The minimum atomic E-state index is -0.862. The third-order valence-corrected chi connectivity index (χ3v) is 3.19. The van der Waals surface area contributed by atoms with E-state index in [1.807, 2.05) is 0 Å². The zero-order chi connectivity index (χ0) is 17.2. The summed E-state index contributed by atoms with van der Waals surface area (Å²) in [6, 6.07) is 5.92. The third kappa shape index (κ3) is 7.75. The van der Waals surface area contributed by atoms with Crippen molar-refractivity contribution >= 4 is 23.2 Å². The van der Waals surface area contributed by atoms with Crippen molar-refractivity contribution in [2.24, 2.45) is 0 Å². The Bertz CT molecular complexity index is 528. The molecule has 0 aliphatic rings. The third-order valence-electron chi connectivity index (χ3n) is 2.95. The highest BCUT2D eigenvalue weighted by molar-refractivity contribution is 7.80. The Morgan fingerprint density at radius 3 is 2.70 bits per heavy atom. The standard InChI is InChI=1S/C15H23FN4O2S/c1-11(22-13-8-5-4-7-12(13)16)14(21)18-19-15(23)17-9-6-10-20(2)3/h4-5,7-8,11H,6,9-10H2,1-3H3,(H,18,21)(H2,17,19,23)/p+1/t11-/m1/s1. The Kier molecular flexibility index (Phi) is 8.28. The van der Waals surface area contributed by atoms with E-state index in [1.165, 1.54) is 24.0 Å². The zero-order valence-electron chi connectivity index (χ0n) is 13.6. The number of hydrogen-bond donors (Lipinski definition) is 4. The lowest BCUT2D eigenvalue weighted by Crippen LogP contribution is -3.05. The number of quaternary nitrogens is 1. The summed E-state index contributed by atoms with van der Waals surface area (Å²) in [4.78, 5) is 13.2. The maximum atomic E-state index is 13.5. The van der Waals surface area contributed by atoms with Crippen LogP contribution in [0, 0.1) is 5.82 Å². The number of benzene rings is 1. The summed E-state index contributed by atoms with van der Waals surface area (Å²) in [6.07, 6.45) is 0.102. The number of nitrogens with one attached hydrogen (secondary N) is 4. The number of rotatable bonds is 7. The van der Waals surface area contributed by atoms with E-state index in [4.69, 9.17) is 17.0 Å². The number of amides is 1. The van der Waals surface area contributed by atoms with Gasteiger partial charge in [-0.05, 0) is 31.3 Å². The molecule has 1 rings (SSSR count). The van der Waals surface area contributed by atoms with Crippen LogP contribution < -0.4 is 25.8 Å². The first-order valence-electron chi connectivity index (χ1n) is 7.44. The van der Waals surface area contributed by atoms with Gasteiger partial charge >= 0.3 is 0 Å². The normalized spacial score (nSPS) is 11.7. The van der Waals surface area contributed by atoms with Crippen LogP contribution in [0.25, 0.3) is 0 Å². The Morgan fingerprint density at radius 1 is 1.35 bits per heavy atom. The molecule has 0 radical (unpaired) electrons. The van der Waals surface area contributed by atoms with Crippen molar-refractivity contribution in [2.45, 2.75) is 19.4 Å². The van der Waals surface area contributed by atoms with Crippen LogP contribution in [0.4, 0.5) is 4.39 Å². The van der Waals surface area contributed by atoms with Gasteiger partial charge in [-0.2, -0.15) is 0 Å². The Labute approximate surface area is 141 Å². The van der Waals surface area contributed by atoms with E-state index in [1.54, 1.807) is 12.1 Å². The van der Waals surface area contributed by atoms with Crippen molar-refractivity contribution in [1.82, 2.24) is 16.2 Å². The molecular formula is C15H24FN4O2S+. The molecule has 6 nitrogen and oxygen atoms in total. The first-order chi connectivity index (χ1) is 10.9. The van der Waals surface area contributed by atoms with Crippen LogP contribution in [-0.4, -0.2) is 44.3 Å². The second-order valence-electron chi connectivity index (χ2n) is 5.37. The van der Waals surface area contributed by atoms with Crippen molar-refractivity contribution in [1.29, 1.82) is 0 Å². The molecule has 0 unspecified atom stereocenters. The van der Waals surface area contributed by atoms with Gasteiger partial charge < -0.3 is 15.0 Å². The van der Waals surface area contributed by atoms with Gasteiger partial charge in [0, 0.05) is 13.0 Å². The molecule has 0 spiro atoms. The summed E-state index contributed by atoms with van der Waals surface area (Å²) in [6.45, 7) is 3.27. The number of ether oxygens (including phenoxy) is 1. The van der Waals surface area contributed by atoms with E-state index in [2.05, 4.69) is 30.3 Å². The molecule has 0 aliphatic heterocycles. The summed E-state index contributed by atoms with van der Waals surface area (Å²) >= 11 is 5.04. The molecule has 0 saturated carbocycles. The van der Waals surface area contributed by atoms with Gasteiger partial charge in [-0.1, -0.05) is 12.1 Å². The average molecular weight is 343 g/mol. The van der Waals surface area contributed by atoms with Gasteiger partial charge in [0.05, 0.1) is 20.6 Å². The molecule has 128 valence electrons. The molecule has 0 saturated heterocycles. The minimum absolute atomic E-state index is 0.0297. The lowest BCUT2D eigenvalue weighted by molar-refractivity contribution is -0.858.